The minimum absolute atomic E-state index is 0.0385. The number of carbonyl (C=O) groups is 1. The van der Waals surface area contributed by atoms with Gasteiger partial charge in [-0.2, -0.15) is 0 Å². The van der Waals surface area contributed by atoms with Crippen molar-refractivity contribution >= 4 is 33.0 Å². The van der Waals surface area contributed by atoms with Crippen molar-refractivity contribution in [3.63, 3.8) is 0 Å². The number of thiophene rings is 1. The summed E-state index contributed by atoms with van der Waals surface area (Å²) < 4.78 is 31.8. The number of carbonyl (C=O) groups excluding carboxylic acids is 1. The molecule has 25 heavy (non-hydrogen) atoms. The molecule has 2 aromatic rings. The first-order valence-corrected chi connectivity index (χ1v) is 10.1. The smallest absolute Gasteiger partial charge is 0.264 e. The maximum atomic E-state index is 12.8. The van der Waals surface area contributed by atoms with E-state index in [9.17, 15) is 13.2 Å². The zero-order valence-electron chi connectivity index (χ0n) is 14.6. The molecule has 1 atom stereocenters. The van der Waals surface area contributed by atoms with Crippen LogP contribution in [0.2, 0.25) is 0 Å². The summed E-state index contributed by atoms with van der Waals surface area (Å²) in [6.07, 6.45) is 0.808. The largest absolute Gasteiger partial charge is 0.497 e. The first-order valence-electron chi connectivity index (χ1n) is 7.82. The molecular formula is C17H22N2O4S2. The fraction of sp³-hybridized carbons (Fsp3) is 0.353. The van der Waals surface area contributed by atoms with Crippen LogP contribution in [0.25, 0.3) is 0 Å². The molecule has 0 saturated heterocycles. The molecule has 1 heterocycles. The summed E-state index contributed by atoms with van der Waals surface area (Å²) in [4.78, 5) is 12.6. The molecule has 0 spiro atoms. The highest BCUT2D eigenvalue weighted by atomic mass is 32.2. The predicted octanol–water partition coefficient (Wildman–Crippen LogP) is 3.11. The number of methoxy groups -OCH3 is 1. The molecule has 8 heteroatoms. The number of hydrogen-bond donors (Lipinski definition) is 1. The van der Waals surface area contributed by atoms with Crippen LogP contribution in [0.3, 0.4) is 0 Å². The number of rotatable bonds is 7. The van der Waals surface area contributed by atoms with Gasteiger partial charge >= 0.3 is 0 Å². The van der Waals surface area contributed by atoms with Crippen LogP contribution in [-0.4, -0.2) is 34.5 Å². The Morgan fingerprint density at radius 2 is 1.96 bits per heavy atom. The van der Waals surface area contributed by atoms with E-state index in [1.807, 2.05) is 13.8 Å². The molecule has 1 aromatic heterocycles. The van der Waals surface area contributed by atoms with Crippen molar-refractivity contribution in [2.45, 2.75) is 31.2 Å². The third-order valence-electron chi connectivity index (χ3n) is 3.88. The first kappa shape index (κ1) is 19.3. The quantitative estimate of drug-likeness (QED) is 0.798. The van der Waals surface area contributed by atoms with E-state index in [4.69, 9.17) is 4.74 Å². The lowest BCUT2D eigenvalue weighted by Gasteiger charge is -2.18. The van der Waals surface area contributed by atoms with Crippen molar-refractivity contribution in [1.29, 1.82) is 0 Å². The van der Waals surface area contributed by atoms with Crippen molar-refractivity contribution < 1.29 is 17.9 Å². The van der Waals surface area contributed by atoms with Crippen LogP contribution in [-0.2, 0) is 10.0 Å². The minimum Gasteiger partial charge on any atom is -0.497 e. The Balaban J connectivity index is 2.22. The Bertz CT molecular complexity index is 829. The molecule has 1 N–H and O–H groups in total. The zero-order chi connectivity index (χ0) is 18.6. The van der Waals surface area contributed by atoms with E-state index in [1.54, 1.807) is 31.4 Å². The lowest BCUT2D eigenvalue weighted by Crippen LogP contribution is -2.31. The van der Waals surface area contributed by atoms with Crippen LogP contribution in [0.1, 0.15) is 29.9 Å². The molecule has 0 aliphatic carbocycles. The second-order valence-corrected chi connectivity index (χ2v) is 8.48. The van der Waals surface area contributed by atoms with E-state index in [-0.39, 0.29) is 16.8 Å². The number of amides is 1. The number of ether oxygens (including phenoxy) is 1. The highest BCUT2D eigenvalue weighted by molar-refractivity contribution is 7.93. The summed E-state index contributed by atoms with van der Waals surface area (Å²) in [6, 6.07) is 8.17. The number of nitrogens with one attached hydrogen (secondary N) is 1. The lowest BCUT2D eigenvalue weighted by atomic mass is 10.2. The van der Waals surface area contributed by atoms with Gasteiger partial charge in [0.15, 0.2) is 0 Å². The topological polar surface area (TPSA) is 75.7 Å². The van der Waals surface area contributed by atoms with Gasteiger partial charge in [0.1, 0.15) is 5.75 Å². The van der Waals surface area contributed by atoms with Crippen LogP contribution in [0.15, 0.2) is 40.6 Å². The fourth-order valence-corrected chi connectivity index (χ4v) is 4.42. The molecule has 0 aliphatic rings. The second-order valence-electron chi connectivity index (χ2n) is 5.60. The third kappa shape index (κ3) is 4.32. The average molecular weight is 383 g/mol. The van der Waals surface area contributed by atoms with E-state index in [2.05, 4.69) is 5.32 Å². The molecule has 6 nitrogen and oxygen atoms in total. The first-order chi connectivity index (χ1) is 11.8. The molecule has 2 rings (SSSR count). The van der Waals surface area contributed by atoms with Gasteiger partial charge in [0, 0.05) is 18.5 Å². The van der Waals surface area contributed by atoms with Gasteiger partial charge in [-0.3, -0.25) is 9.10 Å². The maximum Gasteiger partial charge on any atom is 0.264 e. The standard InChI is InChI=1S/C17H22N2O4S2/c1-5-12(2)18-17(20)16-10-15(11-24-16)25(21,22)19(3)13-6-8-14(23-4)9-7-13/h6-12H,5H2,1-4H3,(H,18,20)/t12-/m1/s1. The normalized spacial score (nSPS) is 12.5. The maximum absolute atomic E-state index is 12.8. The Morgan fingerprint density at radius 1 is 1.32 bits per heavy atom. The van der Waals surface area contributed by atoms with E-state index < -0.39 is 10.0 Å². The van der Waals surface area contributed by atoms with Crippen molar-refractivity contribution in [2.75, 3.05) is 18.5 Å². The van der Waals surface area contributed by atoms with Gasteiger partial charge in [-0.05, 0) is 43.7 Å². The van der Waals surface area contributed by atoms with Gasteiger partial charge in [0.2, 0.25) is 0 Å². The molecule has 0 radical (unpaired) electrons. The summed E-state index contributed by atoms with van der Waals surface area (Å²) in [6.45, 7) is 3.87. The van der Waals surface area contributed by atoms with Crippen LogP contribution >= 0.6 is 11.3 Å². The van der Waals surface area contributed by atoms with Gasteiger partial charge in [0.05, 0.1) is 22.6 Å². The fourth-order valence-electron chi connectivity index (χ4n) is 2.06. The Hall–Kier alpha value is -2.06. The van der Waals surface area contributed by atoms with Crippen molar-refractivity contribution in [2.24, 2.45) is 0 Å². The number of sulfonamides is 1. The number of anilines is 1. The molecule has 0 fully saturated rings. The molecule has 136 valence electrons. The molecular weight excluding hydrogens is 360 g/mol. The minimum atomic E-state index is -3.74. The SMILES string of the molecule is CC[C@@H](C)NC(=O)c1cc(S(=O)(=O)N(C)c2ccc(OC)cc2)cs1. The molecule has 1 aromatic carbocycles. The summed E-state index contributed by atoms with van der Waals surface area (Å²) in [5, 5.41) is 4.32. The zero-order valence-corrected chi connectivity index (χ0v) is 16.3. The van der Waals surface area contributed by atoms with Gasteiger partial charge in [-0.1, -0.05) is 6.92 Å². The Labute approximate surface area is 152 Å². The van der Waals surface area contributed by atoms with Crippen LogP contribution in [0.4, 0.5) is 5.69 Å². The number of benzene rings is 1. The van der Waals surface area contributed by atoms with Crippen LogP contribution in [0.5, 0.6) is 5.75 Å². The summed E-state index contributed by atoms with van der Waals surface area (Å²) in [5.74, 6) is 0.391. The summed E-state index contributed by atoms with van der Waals surface area (Å²) >= 11 is 1.12. The van der Waals surface area contributed by atoms with Gasteiger partial charge in [-0.15, -0.1) is 11.3 Å². The average Bonchev–Trinajstić information content (AvgIpc) is 3.12. The Kier molecular flexibility index (Phi) is 6.07. The summed E-state index contributed by atoms with van der Waals surface area (Å²) in [7, 11) is -0.707. The number of nitrogens with zero attached hydrogens (tertiary/aromatic N) is 1. The molecule has 0 bridgehead atoms. The summed E-state index contributed by atoms with van der Waals surface area (Å²) in [5.41, 5.74) is 0.512. The van der Waals surface area contributed by atoms with Gasteiger partial charge in [0.25, 0.3) is 15.9 Å². The highest BCUT2D eigenvalue weighted by Gasteiger charge is 2.24. The lowest BCUT2D eigenvalue weighted by molar-refractivity contribution is 0.0943. The molecule has 0 unspecified atom stereocenters. The van der Waals surface area contributed by atoms with Crippen LogP contribution in [0, 0.1) is 0 Å². The monoisotopic (exact) mass is 382 g/mol. The molecule has 0 aliphatic heterocycles. The van der Waals surface area contributed by atoms with Gasteiger partial charge in [-0.25, -0.2) is 8.42 Å². The van der Waals surface area contributed by atoms with Crippen LogP contribution < -0.4 is 14.4 Å². The van der Waals surface area contributed by atoms with E-state index in [0.29, 0.717) is 16.3 Å². The third-order valence-corrected chi connectivity index (χ3v) is 6.72. The highest BCUT2D eigenvalue weighted by Crippen LogP contribution is 2.27. The van der Waals surface area contributed by atoms with Crippen molar-refractivity contribution in [3.8, 4) is 5.75 Å². The number of hydrogen-bond acceptors (Lipinski definition) is 5. The molecule has 1 amide bonds. The Morgan fingerprint density at radius 3 is 2.52 bits per heavy atom. The predicted molar refractivity (Wildman–Crippen MR) is 100 cm³/mol. The van der Waals surface area contributed by atoms with Gasteiger partial charge < -0.3 is 10.1 Å². The van der Waals surface area contributed by atoms with E-state index in [1.165, 1.54) is 22.8 Å². The van der Waals surface area contributed by atoms with Crippen molar-refractivity contribution in [1.82, 2.24) is 5.32 Å². The van der Waals surface area contributed by atoms with E-state index in [0.717, 1.165) is 17.8 Å². The van der Waals surface area contributed by atoms with E-state index >= 15 is 0 Å². The van der Waals surface area contributed by atoms with Crippen molar-refractivity contribution in [3.05, 3.63) is 40.6 Å². The molecule has 0 saturated carbocycles. The second kappa shape index (κ2) is 7.88.